The zero-order valence-electron chi connectivity index (χ0n) is 15.1. The van der Waals surface area contributed by atoms with Crippen molar-refractivity contribution >= 4 is 23.4 Å². The molecule has 0 saturated heterocycles. The second-order valence-electron chi connectivity index (χ2n) is 5.07. The van der Waals surface area contributed by atoms with Gasteiger partial charge in [-0.15, -0.1) is 0 Å². The van der Waals surface area contributed by atoms with E-state index in [-0.39, 0.29) is 87.5 Å². The van der Waals surface area contributed by atoms with Crippen LogP contribution in [0.4, 0.5) is 0 Å². The molecular formula is C24H58N2O4. The Bertz CT molecular complexity index is 433. The molecule has 6 heteroatoms. The molecule has 0 saturated carbocycles. The van der Waals surface area contributed by atoms with Gasteiger partial charge in [0.2, 0.25) is 11.8 Å². The first-order chi connectivity index (χ1) is 10.7. The van der Waals surface area contributed by atoms with Gasteiger partial charge in [0, 0.05) is 6.42 Å². The Morgan fingerprint density at radius 3 is 1.27 bits per heavy atom. The molecule has 0 fully saturated rings. The number of hydrogen-bond acceptors (Lipinski definition) is 4. The first-order valence-corrected chi connectivity index (χ1v) is 7.96. The Kier molecular flexibility index (Phi) is 65.1. The first kappa shape index (κ1) is 56.5. The molecule has 0 bridgehead atoms. The molecule has 0 aromatic carbocycles. The van der Waals surface area contributed by atoms with E-state index < -0.39 is 0 Å². The van der Waals surface area contributed by atoms with Gasteiger partial charge in [0.25, 0.3) is 0 Å². The van der Waals surface area contributed by atoms with Gasteiger partial charge in [0.15, 0.2) is 11.6 Å². The molecule has 30 heavy (non-hydrogen) atoms. The topological polar surface area (TPSA) is 92.3 Å². The molecule has 0 heterocycles. The number of carbonyl (C=O) groups is 4. The van der Waals surface area contributed by atoms with Crippen molar-refractivity contribution in [1.29, 1.82) is 0 Å². The molecule has 0 aromatic heterocycles. The van der Waals surface area contributed by atoms with E-state index in [1.807, 2.05) is 13.8 Å². The second kappa shape index (κ2) is 34.5. The second-order valence-corrected chi connectivity index (χ2v) is 5.07. The van der Waals surface area contributed by atoms with Crippen LogP contribution >= 0.6 is 0 Å². The summed E-state index contributed by atoms with van der Waals surface area (Å²) in [5.41, 5.74) is 0. The molecule has 6 nitrogen and oxygen atoms in total. The predicted octanol–water partition coefficient (Wildman–Crippen LogP) is 6.38. The lowest BCUT2D eigenvalue weighted by molar-refractivity contribution is -0.126. The van der Waals surface area contributed by atoms with Crippen LogP contribution in [0.5, 0.6) is 0 Å². The van der Waals surface area contributed by atoms with Crippen molar-refractivity contribution in [2.24, 2.45) is 0 Å². The summed E-state index contributed by atoms with van der Waals surface area (Å²) in [6.07, 6.45) is 4.79. The number of nitrogens with one attached hydrogen (secondary N) is 2. The van der Waals surface area contributed by atoms with E-state index in [0.717, 1.165) is 0 Å². The minimum absolute atomic E-state index is 0. The number of rotatable bonds is 8. The minimum atomic E-state index is -0.339. The highest BCUT2D eigenvalue weighted by Crippen LogP contribution is 1.93. The maximum absolute atomic E-state index is 11.0. The van der Waals surface area contributed by atoms with Crippen LogP contribution in [0.2, 0.25) is 0 Å². The highest BCUT2D eigenvalue weighted by Gasteiger charge is 2.13. The van der Waals surface area contributed by atoms with E-state index in [2.05, 4.69) is 10.6 Å². The van der Waals surface area contributed by atoms with E-state index in [1.54, 1.807) is 19.9 Å². The fraction of sp³-hybridized carbons (Fsp3) is 0.750. The van der Waals surface area contributed by atoms with Crippen LogP contribution < -0.4 is 10.6 Å². The average Bonchev–Trinajstić information content (AvgIpc) is 2.50. The van der Waals surface area contributed by atoms with Gasteiger partial charge in [0.1, 0.15) is 0 Å². The van der Waals surface area contributed by atoms with Gasteiger partial charge in [-0.3, -0.25) is 19.2 Å². The Labute approximate surface area is 190 Å². The fourth-order valence-electron chi connectivity index (χ4n) is 1.65. The largest absolute Gasteiger partial charge is 0.346 e. The van der Waals surface area contributed by atoms with Crippen LogP contribution in [0.3, 0.4) is 0 Å². The van der Waals surface area contributed by atoms with Crippen LogP contribution in [0.1, 0.15) is 113 Å². The SMILES string of the molecule is C.C.C.C.C.C.C.CC=CC(=O)NC(CC)C(C)=O.CCC(=O)NC(CC)C(C)=O. The summed E-state index contributed by atoms with van der Waals surface area (Å²) >= 11 is 0. The van der Waals surface area contributed by atoms with Crippen LogP contribution in [0.25, 0.3) is 0 Å². The molecule has 0 spiro atoms. The van der Waals surface area contributed by atoms with E-state index in [4.69, 9.17) is 0 Å². The van der Waals surface area contributed by atoms with Crippen LogP contribution in [-0.4, -0.2) is 35.5 Å². The van der Waals surface area contributed by atoms with Gasteiger partial charge in [0.05, 0.1) is 12.1 Å². The van der Waals surface area contributed by atoms with Gasteiger partial charge in [-0.2, -0.15) is 0 Å². The quantitative estimate of drug-likeness (QED) is 0.430. The molecule has 0 aliphatic carbocycles. The van der Waals surface area contributed by atoms with E-state index >= 15 is 0 Å². The Hall–Kier alpha value is -1.98. The summed E-state index contributed by atoms with van der Waals surface area (Å²) in [7, 11) is 0. The van der Waals surface area contributed by atoms with Crippen LogP contribution in [0.15, 0.2) is 12.2 Å². The molecule has 0 aliphatic heterocycles. The predicted molar refractivity (Wildman–Crippen MR) is 138 cm³/mol. The summed E-state index contributed by atoms with van der Waals surface area (Å²) in [5.74, 6) is -0.253. The summed E-state index contributed by atoms with van der Waals surface area (Å²) < 4.78 is 0. The van der Waals surface area contributed by atoms with Crippen molar-refractivity contribution in [3.8, 4) is 0 Å². The number of ketones is 2. The normalized spacial score (nSPS) is 9.67. The standard InChI is InChI=1S/C9H15NO2.C8H15NO2.7CH4/c1-4-6-9(12)10-8(5-2)7(3)11;1-4-7(6(3)10)9-8(11)5-2;;;;;;;/h4,6,8H,5H2,1-3H3,(H,10,12);7H,4-5H2,1-3H3,(H,9,11);7*1H4. The molecule has 2 amide bonds. The van der Waals surface area contributed by atoms with Crippen molar-refractivity contribution in [3.63, 3.8) is 0 Å². The van der Waals surface area contributed by atoms with Crippen molar-refractivity contribution in [2.75, 3.05) is 0 Å². The van der Waals surface area contributed by atoms with Crippen LogP contribution in [-0.2, 0) is 19.2 Å². The molecule has 2 atom stereocenters. The molecule has 0 radical (unpaired) electrons. The smallest absolute Gasteiger partial charge is 0.244 e. The Morgan fingerprint density at radius 1 is 0.700 bits per heavy atom. The molecule has 2 unspecified atom stereocenters. The lowest BCUT2D eigenvalue weighted by atomic mass is 10.1. The van der Waals surface area contributed by atoms with E-state index in [1.165, 1.54) is 19.9 Å². The highest BCUT2D eigenvalue weighted by molar-refractivity contribution is 5.92. The molecule has 2 N–H and O–H groups in total. The fourth-order valence-corrected chi connectivity index (χ4v) is 1.65. The monoisotopic (exact) mass is 438 g/mol. The molecule has 0 aromatic rings. The molecule has 188 valence electrons. The molecular weight excluding hydrogens is 380 g/mol. The van der Waals surface area contributed by atoms with Crippen molar-refractivity contribution in [3.05, 3.63) is 12.2 Å². The number of amides is 2. The number of hydrogen-bond donors (Lipinski definition) is 2. The average molecular weight is 439 g/mol. The number of allylic oxidation sites excluding steroid dienone is 1. The van der Waals surface area contributed by atoms with Gasteiger partial charge in [-0.05, 0) is 39.7 Å². The summed E-state index contributed by atoms with van der Waals surface area (Å²) in [4.78, 5) is 43.5. The summed E-state index contributed by atoms with van der Waals surface area (Å²) in [5, 5.41) is 5.22. The molecule has 0 rings (SSSR count). The van der Waals surface area contributed by atoms with Gasteiger partial charge >= 0.3 is 0 Å². The zero-order chi connectivity index (χ0) is 18.4. The first-order valence-electron chi connectivity index (χ1n) is 7.96. The van der Waals surface area contributed by atoms with Gasteiger partial charge in [-0.1, -0.05) is 78.8 Å². The maximum Gasteiger partial charge on any atom is 0.244 e. The van der Waals surface area contributed by atoms with Gasteiger partial charge < -0.3 is 10.6 Å². The minimum Gasteiger partial charge on any atom is -0.346 e. The van der Waals surface area contributed by atoms with E-state index in [0.29, 0.717) is 19.3 Å². The third-order valence-electron chi connectivity index (χ3n) is 3.09. The maximum atomic E-state index is 11.0. The van der Waals surface area contributed by atoms with E-state index in [9.17, 15) is 19.2 Å². The Morgan fingerprint density at radius 2 is 1.03 bits per heavy atom. The summed E-state index contributed by atoms with van der Waals surface area (Å²) in [6.45, 7) is 10.2. The summed E-state index contributed by atoms with van der Waals surface area (Å²) in [6, 6.07) is -0.629. The zero-order valence-corrected chi connectivity index (χ0v) is 15.1. The third kappa shape index (κ3) is 30.7. The molecule has 0 aliphatic rings. The highest BCUT2D eigenvalue weighted by atomic mass is 16.2. The lowest BCUT2D eigenvalue weighted by Crippen LogP contribution is -2.38. The number of carbonyl (C=O) groups excluding carboxylic acids is 4. The lowest BCUT2D eigenvalue weighted by Gasteiger charge is -2.12. The van der Waals surface area contributed by atoms with Crippen molar-refractivity contribution in [1.82, 2.24) is 10.6 Å². The third-order valence-corrected chi connectivity index (χ3v) is 3.09. The van der Waals surface area contributed by atoms with Crippen molar-refractivity contribution < 1.29 is 19.2 Å². The Balaban J connectivity index is -0.0000000341. The number of Topliss-reactive ketones (excluding diaryl/α,β-unsaturated/α-hetero) is 2. The van der Waals surface area contributed by atoms with Gasteiger partial charge in [-0.25, -0.2) is 0 Å². The van der Waals surface area contributed by atoms with Crippen molar-refractivity contribution in [2.45, 2.75) is 125 Å². The van der Waals surface area contributed by atoms with Crippen LogP contribution in [0, 0.1) is 0 Å².